The van der Waals surface area contributed by atoms with Crippen molar-refractivity contribution in [2.45, 2.75) is 33.0 Å². The van der Waals surface area contributed by atoms with Crippen LogP contribution in [0.2, 0.25) is 5.02 Å². The van der Waals surface area contributed by atoms with Gasteiger partial charge >= 0.3 is 0 Å². The number of amides is 2. The molecule has 0 bridgehead atoms. The van der Waals surface area contributed by atoms with Crippen molar-refractivity contribution in [1.29, 1.82) is 0 Å². The largest absolute Gasteiger partial charge is 0.484 e. The summed E-state index contributed by atoms with van der Waals surface area (Å²) in [4.78, 5) is 29.6. The fraction of sp³-hybridized carbons (Fsp3) is 0.357. The molecule has 7 nitrogen and oxygen atoms in total. The van der Waals surface area contributed by atoms with Crippen molar-refractivity contribution >= 4 is 23.4 Å². The Morgan fingerprint density at radius 2 is 1.69 bits per heavy atom. The fourth-order valence-corrected chi connectivity index (χ4v) is 3.90. The van der Waals surface area contributed by atoms with Gasteiger partial charge < -0.3 is 23.8 Å². The maximum Gasteiger partial charge on any atom is 0.261 e. The van der Waals surface area contributed by atoms with Gasteiger partial charge in [0.25, 0.3) is 5.91 Å². The van der Waals surface area contributed by atoms with E-state index in [-0.39, 0.29) is 31.0 Å². The van der Waals surface area contributed by atoms with E-state index in [1.807, 2.05) is 50.4 Å². The standard InChI is InChI=1S/C28H34ClN3O4/c1-22(2)32(19-25-10-7-15-30(25)18-23-8-5-4-6-9-23)27(33)20-31(16-17-35-3)28(34)21-36-26-13-11-24(29)12-14-26/h4-15,22H,16-21H2,1-3H3. The zero-order valence-electron chi connectivity index (χ0n) is 21.1. The summed E-state index contributed by atoms with van der Waals surface area (Å²) >= 11 is 5.91. The molecular weight excluding hydrogens is 478 g/mol. The molecule has 192 valence electrons. The van der Waals surface area contributed by atoms with Crippen molar-refractivity contribution in [3.63, 3.8) is 0 Å². The van der Waals surface area contributed by atoms with E-state index in [4.69, 9.17) is 21.1 Å². The van der Waals surface area contributed by atoms with E-state index in [0.29, 0.717) is 30.5 Å². The summed E-state index contributed by atoms with van der Waals surface area (Å²) in [6.45, 7) is 5.52. The predicted molar refractivity (Wildman–Crippen MR) is 141 cm³/mol. The number of carbonyl (C=O) groups is 2. The zero-order chi connectivity index (χ0) is 25.9. The summed E-state index contributed by atoms with van der Waals surface area (Å²) in [5, 5.41) is 0.588. The highest BCUT2D eigenvalue weighted by Gasteiger charge is 2.24. The first-order valence-electron chi connectivity index (χ1n) is 12.0. The second-order valence-corrected chi connectivity index (χ2v) is 9.22. The molecule has 0 aliphatic heterocycles. The van der Waals surface area contributed by atoms with E-state index in [0.717, 1.165) is 12.2 Å². The average Bonchev–Trinajstić information content (AvgIpc) is 3.31. The van der Waals surface area contributed by atoms with Crippen LogP contribution in [0.1, 0.15) is 25.1 Å². The fourth-order valence-electron chi connectivity index (χ4n) is 3.78. The van der Waals surface area contributed by atoms with Crippen LogP contribution in [0.25, 0.3) is 0 Å². The summed E-state index contributed by atoms with van der Waals surface area (Å²) < 4.78 is 12.9. The Morgan fingerprint density at radius 1 is 0.972 bits per heavy atom. The van der Waals surface area contributed by atoms with Crippen LogP contribution in [0.4, 0.5) is 0 Å². The smallest absolute Gasteiger partial charge is 0.261 e. The minimum Gasteiger partial charge on any atom is -0.484 e. The maximum atomic E-state index is 13.4. The van der Waals surface area contributed by atoms with Gasteiger partial charge in [0.2, 0.25) is 5.91 Å². The minimum absolute atomic E-state index is 0.0396. The Morgan fingerprint density at radius 3 is 2.36 bits per heavy atom. The highest BCUT2D eigenvalue weighted by Crippen LogP contribution is 2.16. The number of hydrogen-bond donors (Lipinski definition) is 0. The summed E-state index contributed by atoms with van der Waals surface area (Å²) in [6.07, 6.45) is 2.02. The Hall–Kier alpha value is -3.29. The van der Waals surface area contributed by atoms with Crippen molar-refractivity contribution in [2.24, 2.45) is 0 Å². The van der Waals surface area contributed by atoms with Gasteiger partial charge in [0.1, 0.15) is 5.75 Å². The maximum absolute atomic E-state index is 13.4. The third-order valence-corrected chi connectivity index (χ3v) is 6.07. The molecule has 0 saturated heterocycles. The molecule has 1 heterocycles. The molecule has 3 aromatic rings. The third kappa shape index (κ3) is 8.14. The second-order valence-electron chi connectivity index (χ2n) is 8.78. The number of methoxy groups -OCH3 is 1. The van der Waals surface area contributed by atoms with E-state index in [9.17, 15) is 9.59 Å². The average molecular weight is 512 g/mol. The van der Waals surface area contributed by atoms with Gasteiger partial charge in [-0.1, -0.05) is 41.9 Å². The van der Waals surface area contributed by atoms with Gasteiger partial charge in [-0.2, -0.15) is 0 Å². The van der Waals surface area contributed by atoms with Gasteiger partial charge in [0.15, 0.2) is 6.61 Å². The van der Waals surface area contributed by atoms with Gasteiger partial charge in [-0.25, -0.2) is 0 Å². The molecule has 36 heavy (non-hydrogen) atoms. The third-order valence-electron chi connectivity index (χ3n) is 5.82. The lowest BCUT2D eigenvalue weighted by molar-refractivity contribution is -0.143. The van der Waals surface area contributed by atoms with E-state index in [1.54, 1.807) is 36.3 Å². The van der Waals surface area contributed by atoms with Crippen molar-refractivity contribution in [2.75, 3.05) is 33.4 Å². The van der Waals surface area contributed by atoms with E-state index >= 15 is 0 Å². The van der Waals surface area contributed by atoms with Gasteiger partial charge in [-0.15, -0.1) is 0 Å². The van der Waals surface area contributed by atoms with Crippen LogP contribution in [0.3, 0.4) is 0 Å². The molecular formula is C28H34ClN3O4. The number of ether oxygens (including phenoxy) is 2. The molecule has 0 spiro atoms. The first-order chi connectivity index (χ1) is 17.4. The number of carbonyl (C=O) groups excluding carboxylic acids is 2. The van der Waals surface area contributed by atoms with Crippen LogP contribution in [0.15, 0.2) is 72.9 Å². The van der Waals surface area contributed by atoms with Gasteiger partial charge in [0, 0.05) is 43.2 Å². The normalized spacial score (nSPS) is 10.9. The lowest BCUT2D eigenvalue weighted by Crippen LogP contribution is -2.47. The van der Waals surface area contributed by atoms with Crippen LogP contribution in [-0.2, 0) is 27.4 Å². The number of halogens is 1. The van der Waals surface area contributed by atoms with E-state index in [2.05, 4.69) is 16.7 Å². The van der Waals surface area contributed by atoms with Gasteiger partial charge in [-0.3, -0.25) is 9.59 Å². The SMILES string of the molecule is COCCN(CC(=O)N(Cc1cccn1Cc1ccccc1)C(C)C)C(=O)COc1ccc(Cl)cc1. The van der Waals surface area contributed by atoms with Crippen molar-refractivity contribution < 1.29 is 19.1 Å². The molecule has 0 unspecified atom stereocenters. The van der Waals surface area contributed by atoms with Gasteiger partial charge in [0.05, 0.1) is 19.7 Å². The van der Waals surface area contributed by atoms with Crippen molar-refractivity contribution in [1.82, 2.24) is 14.4 Å². The second kappa shape index (κ2) is 13.7. The number of aromatic nitrogens is 1. The first kappa shape index (κ1) is 27.3. The molecule has 3 rings (SSSR count). The molecule has 0 N–H and O–H groups in total. The van der Waals surface area contributed by atoms with E-state index < -0.39 is 0 Å². The molecule has 1 aromatic heterocycles. The quantitative estimate of drug-likeness (QED) is 0.339. The Kier molecular flexibility index (Phi) is 10.4. The number of nitrogens with zero attached hydrogens (tertiary/aromatic N) is 3. The lowest BCUT2D eigenvalue weighted by atomic mass is 10.2. The van der Waals surface area contributed by atoms with Gasteiger partial charge in [-0.05, 0) is 55.8 Å². The topological polar surface area (TPSA) is 64.0 Å². The summed E-state index contributed by atoms with van der Waals surface area (Å²) in [5.41, 5.74) is 2.22. The zero-order valence-corrected chi connectivity index (χ0v) is 21.9. The molecule has 0 fully saturated rings. The molecule has 0 aliphatic rings. The molecule has 2 aromatic carbocycles. The molecule has 0 aliphatic carbocycles. The molecule has 0 saturated carbocycles. The molecule has 2 amide bonds. The molecule has 0 radical (unpaired) electrons. The van der Waals surface area contributed by atoms with Crippen LogP contribution >= 0.6 is 11.6 Å². The summed E-state index contributed by atoms with van der Waals surface area (Å²) in [6, 6.07) is 21.0. The number of benzene rings is 2. The number of rotatable bonds is 13. The van der Waals surface area contributed by atoms with Crippen LogP contribution in [0.5, 0.6) is 5.75 Å². The lowest BCUT2D eigenvalue weighted by Gasteiger charge is -2.30. The number of hydrogen-bond acceptors (Lipinski definition) is 4. The predicted octanol–water partition coefficient (Wildman–Crippen LogP) is 4.48. The highest BCUT2D eigenvalue weighted by molar-refractivity contribution is 6.30. The van der Waals surface area contributed by atoms with Crippen molar-refractivity contribution in [3.8, 4) is 5.75 Å². The van der Waals surface area contributed by atoms with Crippen LogP contribution in [0, 0.1) is 0 Å². The van der Waals surface area contributed by atoms with Crippen LogP contribution < -0.4 is 4.74 Å². The Balaban J connectivity index is 1.66. The molecule has 0 atom stereocenters. The van der Waals surface area contributed by atoms with Crippen LogP contribution in [-0.4, -0.2) is 65.6 Å². The monoisotopic (exact) mass is 511 g/mol. The highest BCUT2D eigenvalue weighted by atomic mass is 35.5. The van der Waals surface area contributed by atoms with E-state index in [1.165, 1.54) is 10.5 Å². The Bertz CT molecular complexity index is 1100. The summed E-state index contributed by atoms with van der Waals surface area (Å²) in [7, 11) is 1.57. The summed E-state index contributed by atoms with van der Waals surface area (Å²) in [5.74, 6) is 0.119. The Labute approximate surface area is 218 Å². The first-order valence-corrected chi connectivity index (χ1v) is 12.4. The van der Waals surface area contributed by atoms with Crippen molar-refractivity contribution in [3.05, 3.63) is 89.2 Å². The molecule has 8 heteroatoms. The minimum atomic E-state index is -0.286.